The van der Waals surface area contributed by atoms with Gasteiger partial charge in [0.25, 0.3) is 0 Å². The Morgan fingerprint density at radius 1 is 0.421 bits per heavy atom. The van der Waals surface area contributed by atoms with Crippen molar-refractivity contribution in [3.8, 4) is 61.8 Å². The molecule has 0 aliphatic heterocycles. The fraction of sp³-hybridized carbons (Fsp3) is 0.0377. The van der Waals surface area contributed by atoms with Crippen molar-refractivity contribution in [2.75, 3.05) is 0 Å². The van der Waals surface area contributed by atoms with Gasteiger partial charge >= 0.3 is 0 Å². The molecule has 8 aromatic carbocycles. The van der Waals surface area contributed by atoms with Crippen LogP contribution in [0.15, 0.2) is 194 Å². The number of hydrogen-bond acceptors (Lipinski definition) is 3. The second kappa shape index (κ2) is 13.4. The summed E-state index contributed by atoms with van der Waals surface area (Å²) in [5.41, 5.74) is 16.1. The van der Waals surface area contributed by atoms with Gasteiger partial charge in [-0.3, -0.25) is 0 Å². The van der Waals surface area contributed by atoms with Crippen molar-refractivity contribution in [1.82, 2.24) is 19.5 Å². The lowest BCUT2D eigenvalue weighted by atomic mass is 9.93. The standard InChI is InChI=1S/C53H36N4/c1-34-15-13-20-37(31-34)39-27-30-47-46(33-39)45-29-28-44-42-25-11-12-26-43(42)49(48(44)50(45)57(47)41-23-9-4-10-24-41)53-55-51(36-18-7-3-8-19-36)54-52(56-53)40-22-14-21-38(32-40)35-16-5-2-6-17-35/h2-33,49H,1H3. The molecule has 1 unspecified atom stereocenters. The summed E-state index contributed by atoms with van der Waals surface area (Å²) >= 11 is 0. The Balaban J connectivity index is 1.20. The molecule has 0 N–H and O–H groups in total. The first-order valence-electron chi connectivity index (χ1n) is 19.5. The van der Waals surface area contributed by atoms with E-state index in [4.69, 9.17) is 15.0 Å². The van der Waals surface area contributed by atoms with E-state index in [0.717, 1.165) is 39.3 Å². The molecule has 0 fully saturated rings. The summed E-state index contributed by atoms with van der Waals surface area (Å²) in [7, 11) is 0. The van der Waals surface area contributed by atoms with Crippen LogP contribution in [0.1, 0.15) is 28.4 Å². The lowest BCUT2D eigenvalue weighted by molar-refractivity contribution is 0.857. The minimum atomic E-state index is -0.246. The molecule has 2 aromatic heterocycles. The highest BCUT2D eigenvalue weighted by Gasteiger charge is 2.36. The number of fused-ring (bicyclic) bond motifs is 7. The van der Waals surface area contributed by atoms with Crippen LogP contribution in [-0.2, 0) is 0 Å². The van der Waals surface area contributed by atoms with E-state index in [0.29, 0.717) is 11.6 Å². The van der Waals surface area contributed by atoms with Crippen LogP contribution in [0.2, 0.25) is 0 Å². The van der Waals surface area contributed by atoms with Gasteiger partial charge < -0.3 is 4.57 Å². The molecule has 0 radical (unpaired) electrons. The molecule has 10 aromatic rings. The highest BCUT2D eigenvalue weighted by Crippen LogP contribution is 2.52. The third kappa shape index (κ3) is 5.57. The molecule has 0 saturated carbocycles. The SMILES string of the molecule is Cc1cccc(-c2ccc3c(c2)c2ccc4c(c2n3-c2ccccc2)C(c2nc(-c3ccccc3)nc(-c3cccc(-c5ccccc5)c3)n2)c2ccccc2-4)c1. The first-order valence-corrected chi connectivity index (χ1v) is 19.5. The second-order valence-electron chi connectivity index (χ2n) is 14.9. The number of aryl methyl sites for hydroxylation is 1. The Hall–Kier alpha value is -7.43. The molecule has 57 heavy (non-hydrogen) atoms. The Bertz CT molecular complexity index is 3130. The average molecular weight is 729 g/mol. The van der Waals surface area contributed by atoms with Crippen molar-refractivity contribution in [2.45, 2.75) is 12.8 Å². The normalized spacial score (nSPS) is 13.2. The molecule has 1 aliphatic rings. The summed E-state index contributed by atoms with van der Waals surface area (Å²) in [4.78, 5) is 16.0. The third-order valence-corrected chi connectivity index (χ3v) is 11.4. The molecule has 2 heterocycles. The van der Waals surface area contributed by atoms with Crippen LogP contribution in [0.4, 0.5) is 0 Å². The zero-order valence-corrected chi connectivity index (χ0v) is 31.3. The highest BCUT2D eigenvalue weighted by molar-refractivity contribution is 6.14. The maximum absolute atomic E-state index is 5.44. The Labute approximate surface area is 331 Å². The maximum atomic E-state index is 5.44. The summed E-state index contributed by atoms with van der Waals surface area (Å²) in [5, 5.41) is 2.41. The van der Waals surface area contributed by atoms with Crippen LogP contribution in [0.25, 0.3) is 83.6 Å². The van der Waals surface area contributed by atoms with Gasteiger partial charge in [0.05, 0.1) is 17.0 Å². The minimum absolute atomic E-state index is 0.246. The number of para-hydroxylation sites is 1. The molecule has 1 aliphatic carbocycles. The van der Waals surface area contributed by atoms with Gasteiger partial charge in [0.1, 0.15) is 5.82 Å². The largest absolute Gasteiger partial charge is 0.309 e. The minimum Gasteiger partial charge on any atom is -0.309 e. The number of aromatic nitrogens is 4. The van der Waals surface area contributed by atoms with Crippen molar-refractivity contribution in [3.63, 3.8) is 0 Å². The third-order valence-electron chi connectivity index (χ3n) is 11.4. The van der Waals surface area contributed by atoms with E-state index in [9.17, 15) is 0 Å². The van der Waals surface area contributed by atoms with E-state index in [1.807, 2.05) is 24.3 Å². The Kier molecular flexibility index (Phi) is 7.75. The molecule has 0 spiro atoms. The molecule has 11 rings (SSSR count). The predicted octanol–water partition coefficient (Wildman–Crippen LogP) is 13.1. The van der Waals surface area contributed by atoms with Gasteiger partial charge in [0.2, 0.25) is 0 Å². The number of benzene rings is 8. The van der Waals surface area contributed by atoms with Gasteiger partial charge in [-0.05, 0) is 81.8 Å². The fourth-order valence-electron chi connectivity index (χ4n) is 8.76. The van der Waals surface area contributed by atoms with Gasteiger partial charge in [-0.15, -0.1) is 0 Å². The summed E-state index contributed by atoms with van der Waals surface area (Å²) in [6.45, 7) is 2.15. The first kappa shape index (κ1) is 33.0. The van der Waals surface area contributed by atoms with Gasteiger partial charge in [-0.2, -0.15) is 0 Å². The summed E-state index contributed by atoms with van der Waals surface area (Å²) in [5.74, 6) is 1.80. The van der Waals surface area contributed by atoms with Crippen molar-refractivity contribution in [3.05, 3.63) is 217 Å². The molecule has 0 bridgehead atoms. The van der Waals surface area contributed by atoms with Crippen LogP contribution < -0.4 is 0 Å². The lowest BCUT2D eigenvalue weighted by Crippen LogP contribution is -2.10. The van der Waals surface area contributed by atoms with E-state index < -0.39 is 0 Å². The average Bonchev–Trinajstić information content (AvgIpc) is 3.80. The molecule has 4 nitrogen and oxygen atoms in total. The van der Waals surface area contributed by atoms with E-state index >= 15 is 0 Å². The molecule has 4 heteroatoms. The van der Waals surface area contributed by atoms with Crippen LogP contribution in [-0.4, -0.2) is 19.5 Å². The number of rotatable bonds is 6. The topological polar surface area (TPSA) is 43.6 Å². The number of hydrogen-bond donors (Lipinski definition) is 0. The second-order valence-corrected chi connectivity index (χ2v) is 14.9. The molecular weight excluding hydrogens is 693 g/mol. The Morgan fingerprint density at radius 2 is 1.04 bits per heavy atom. The quantitative estimate of drug-likeness (QED) is 0.171. The zero-order valence-electron chi connectivity index (χ0n) is 31.3. The Morgan fingerprint density at radius 3 is 1.81 bits per heavy atom. The van der Waals surface area contributed by atoms with E-state index in [1.165, 1.54) is 55.2 Å². The van der Waals surface area contributed by atoms with E-state index in [1.54, 1.807) is 0 Å². The van der Waals surface area contributed by atoms with Crippen LogP contribution in [0.3, 0.4) is 0 Å². The lowest BCUT2D eigenvalue weighted by Gasteiger charge is -2.18. The number of nitrogens with zero attached hydrogens (tertiary/aromatic N) is 4. The van der Waals surface area contributed by atoms with E-state index in [-0.39, 0.29) is 5.92 Å². The van der Waals surface area contributed by atoms with Crippen LogP contribution in [0, 0.1) is 6.92 Å². The first-order chi connectivity index (χ1) is 28.2. The van der Waals surface area contributed by atoms with Crippen molar-refractivity contribution < 1.29 is 0 Å². The van der Waals surface area contributed by atoms with Gasteiger partial charge in [-0.25, -0.2) is 15.0 Å². The van der Waals surface area contributed by atoms with Gasteiger partial charge in [0.15, 0.2) is 11.6 Å². The smallest absolute Gasteiger partial charge is 0.163 e. The zero-order chi connectivity index (χ0) is 37.9. The molecule has 1 atom stereocenters. The van der Waals surface area contributed by atoms with Gasteiger partial charge in [-0.1, -0.05) is 169 Å². The summed E-state index contributed by atoms with van der Waals surface area (Å²) in [6, 6.07) is 69.1. The van der Waals surface area contributed by atoms with Crippen molar-refractivity contribution in [1.29, 1.82) is 0 Å². The molecular formula is C53H36N4. The maximum Gasteiger partial charge on any atom is 0.163 e. The highest BCUT2D eigenvalue weighted by atomic mass is 15.0. The molecule has 0 saturated heterocycles. The molecule has 268 valence electrons. The van der Waals surface area contributed by atoms with E-state index in [2.05, 4.69) is 181 Å². The fourth-order valence-corrected chi connectivity index (χ4v) is 8.76. The van der Waals surface area contributed by atoms with Crippen LogP contribution >= 0.6 is 0 Å². The molecule has 0 amide bonds. The van der Waals surface area contributed by atoms with Crippen molar-refractivity contribution in [2.24, 2.45) is 0 Å². The van der Waals surface area contributed by atoms with Crippen molar-refractivity contribution >= 4 is 21.8 Å². The summed E-state index contributed by atoms with van der Waals surface area (Å²) in [6.07, 6.45) is 0. The monoisotopic (exact) mass is 728 g/mol. The van der Waals surface area contributed by atoms with Gasteiger partial charge in [0, 0.05) is 27.6 Å². The predicted molar refractivity (Wildman–Crippen MR) is 233 cm³/mol. The summed E-state index contributed by atoms with van der Waals surface area (Å²) < 4.78 is 2.45. The van der Waals surface area contributed by atoms with Crippen LogP contribution in [0.5, 0.6) is 0 Å².